The Morgan fingerprint density at radius 3 is 2.54 bits per heavy atom. The fourth-order valence-electron chi connectivity index (χ4n) is 4.25. The molecule has 2 fully saturated rings. The molecule has 28 heavy (non-hydrogen) atoms. The summed E-state index contributed by atoms with van der Waals surface area (Å²) in [4.78, 5) is 16.8. The van der Waals surface area contributed by atoms with Gasteiger partial charge in [-0.15, -0.1) is 0 Å². The molecule has 0 aromatic heterocycles. The molecular weight excluding hydrogens is 364 g/mol. The molecule has 0 aliphatic carbocycles. The minimum absolute atomic E-state index is 0.0318. The normalized spacial score (nSPS) is 24.2. The summed E-state index contributed by atoms with van der Waals surface area (Å²) in [6.45, 7) is 8.06. The van der Waals surface area contributed by atoms with Crippen LogP contribution in [0.25, 0.3) is 0 Å². The molecule has 0 saturated carbocycles. The number of rotatable bonds is 7. The van der Waals surface area contributed by atoms with Crippen molar-refractivity contribution in [1.29, 1.82) is 0 Å². The van der Waals surface area contributed by atoms with Crippen LogP contribution in [0.5, 0.6) is 0 Å². The van der Waals surface area contributed by atoms with Gasteiger partial charge in [0.15, 0.2) is 17.2 Å². The fourth-order valence-corrected chi connectivity index (χ4v) is 4.25. The van der Waals surface area contributed by atoms with Crippen molar-refractivity contribution < 1.29 is 18.7 Å². The first kappa shape index (κ1) is 21.1. The highest BCUT2D eigenvalue weighted by molar-refractivity contribution is 5.86. The van der Waals surface area contributed by atoms with Crippen molar-refractivity contribution >= 4 is 5.91 Å². The fraction of sp³-hybridized carbons (Fsp3) is 0.667. The quantitative estimate of drug-likeness (QED) is 0.744. The van der Waals surface area contributed by atoms with Crippen LogP contribution >= 0.6 is 0 Å². The number of amides is 1. The number of halogens is 2. The third kappa shape index (κ3) is 4.70. The number of hydrogen-bond donors (Lipinski definition) is 2. The summed E-state index contributed by atoms with van der Waals surface area (Å²) in [6.07, 6.45) is 3.50. The zero-order valence-electron chi connectivity index (χ0n) is 16.8. The third-order valence-electron chi connectivity index (χ3n) is 6.00. The highest BCUT2D eigenvalue weighted by atomic mass is 19.2. The zero-order valence-corrected chi connectivity index (χ0v) is 16.8. The van der Waals surface area contributed by atoms with E-state index in [0.29, 0.717) is 31.5 Å². The Morgan fingerprint density at radius 2 is 1.86 bits per heavy atom. The number of carbonyl (C=O) groups excluding carboxylic acids is 1. The van der Waals surface area contributed by atoms with Gasteiger partial charge in [0, 0.05) is 31.7 Å². The summed E-state index contributed by atoms with van der Waals surface area (Å²) in [7, 11) is 0. The molecule has 2 aliphatic rings. The van der Waals surface area contributed by atoms with Gasteiger partial charge in [-0.1, -0.05) is 6.07 Å². The van der Waals surface area contributed by atoms with Gasteiger partial charge in [-0.25, -0.2) is 8.78 Å². The van der Waals surface area contributed by atoms with E-state index in [1.807, 2.05) is 0 Å². The van der Waals surface area contributed by atoms with Crippen molar-refractivity contribution in [2.24, 2.45) is 0 Å². The molecule has 2 heterocycles. The molecule has 0 bridgehead atoms. The van der Waals surface area contributed by atoms with E-state index in [9.17, 15) is 18.7 Å². The molecule has 0 spiro atoms. The van der Waals surface area contributed by atoms with Crippen molar-refractivity contribution in [1.82, 2.24) is 15.1 Å². The van der Waals surface area contributed by atoms with Crippen LogP contribution in [0.3, 0.4) is 0 Å². The number of hydrogen-bond acceptors (Lipinski definition) is 4. The van der Waals surface area contributed by atoms with Gasteiger partial charge in [-0.3, -0.25) is 9.69 Å². The van der Waals surface area contributed by atoms with Crippen LogP contribution in [0, 0.1) is 11.6 Å². The summed E-state index contributed by atoms with van der Waals surface area (Å²) < 4.78 is 26.6. The van der Waals surface area contributed by atoms with Gasteiger partial charge in [0.05, 0.1) is 0 Å². The third-order valence-corrected chi connectivity index (χ3v) is 6.00. The lowest BCUT2D eigenvalue weighted by atomic mass is 9.91. The summed E-state index contributed by atoms with van der Waals surface area (Å²) in [6, 6.07) is 3.64. The predicted octanol–water partition coefficient (Wildman–Crippen LogP) is 2.28. The monoisotopic (exact) mass is 395 g/mol. The van der Waals surface area contributed by atoms with Gasteiger partial charge in [-0.05, 0) is 70.3 Å². The average Bonchev–Trinajstić information content (AvgIpc) is 3.18. The first-order valence-corrected chi connectivity index (χ1v) is 10.1. The number of nitrogens with one attached hydrogen (secondary N) is 1. The van der Waals surface area contributed by atoms with Crippen molar-refractivity contribution in [3.05, 3.63) is 35.4 Å². The molecule has 156 valence electrons. The van der Waals surface area contributed by atoms with Crippen molar-refractivity contribution in [2.75, 3.05) is 32.7 Å². The van der Waals surface area contributed by atoms with Gasteiger partial charge >= 0.3 is 0 Å². The second-order valence-corrected chi connectivity index (χ2v) is 8.72. The smallest absolute Gasteiger partial charge is 0.256 e. The minimum atomic E-state index is -1.46. The van der Waals surface area contributed by atoms with Crippen molar-refractivity contribution in [2.45, 2.75) is 57.2 Å². The van der Waals surface area contributed by atoms with Crippen molar-refractivity contribution in [3.8, 4) is 0 Å². The number of piperidine rings is 1. The number of nitrogens with zero attached hydrogens (tertiary/aromatic N) is 2. The topological polar surface area (TPSA) is 55.8 Å². The van der Waals surface area contributed by atoms with Gasteiger partial charge in [-0.2, -0.15) is 0 Å². The summed E-state index contributed by atoms with van der Waals surface area (Å²) in [5.41, 5.74) is -0.979. The van der Waals surface area contributed by atoms with E-state index >= 15 is 0 Å². The maximum absolute atomic E-state index is 13.4. The van der Waals surface area contributed by atoms with Gasteiger partial charge in [0.25, 0.3) is 5.91 Å². The van der Waals surface area contributed by atoms with E-state index in [0.717, 1.165) is 25.2 Å². The molecule has 2 saturated heterocycles. The number of aliphatic hydroxyl groups is 1. The molecule has 2 N–H and O–H groups in total. The average molecular weight is 395 g/mol. The van der Waals surface area contributed by atoms with E-state index in [1.165, 1.54) is 23.8 Å². The highest BCUT2D eigenvalue weighted by Gasteiger charge is 2.42. The Balaban J connectivity index is 1.57. The molecule has 1 aromatic rings. The molecule has 0 radical (unpaired) electrons. The summed E-state index contributed by atoms with van der Waals surface area (Å²) in [5, 5.41) is 14.2. The van der Waals surface area contributed by atoms with Gasteiger partial charge in [0.2, 0.25) is 0 Å². The van der Waals surface area contributed by atoms with Crippen LogP contribution in [0.1, 0.15) is 45.1 Å². The molecule has 3 rings (SSSR count). The molecule has 5 nitrogen and oxygen atoms in total. The maximum atomic E-state index is 13.4. The molecule has 1 aromatic carbocycles. The van der Waals surface area contributed by atoms with Crippen LogP contribution in [-0.2, 0) is 11.3 Å². The Morgan fingerprint density at radius 1 is 1.14 bits per heavy atom. The van der Waals surface area contributed by atoms with Gasteiger partial charge < -0.3 is 15.3 Å². The molecule has 1 atom stereocenters. The Hall–Kier alpha value is -1.57. The predicted molar refractivity (Wildman–Crippen MR) is 104 cm³/mol. The summed E-state index contributed by atoms with van der Waals surface area (Å²) in [5.74, 6) is -2.19. The Kier molecular flexibility index (Phi) is 6.37. The number of likely N-dealkylation sites (tertiary alicyclic amines) is 2. The number of benzene rings is 1. The van der Waals surface area contributed by atoms with Crippen LogP contribution in [-0.4, -0.2) is 64.7 Å². The highest BCUT2D eigenvalue weighted by Crippen LogP contribution is 2.25. The van der Waals surface area contributed by atoms with Crippen LogP contribution in [0.15, 0.2) is 18.2 Å². The van der Waals surface area contributed by atoms with Gasteiger partial charge in [0.1, 0.15) is 0 Å². The first-order valence-electron chi connectivity index (χ1n) is 10.1. The second kappa shape index (κ2) is 8.43. The minimum Gasteiger partial charge on any atom is -0.379 e. The lowest BCUT2D eigenvalue weighted by molar-refractivity contribution is -0.157. The second-order valence-electron chi connectivity index (χ2n) is 8.72. The molecule has 0 unspecified atom stereocenters. The number of carbonyl (C=O) groups is 1. The van der Waals surface area contributed by atoms with E-state index in [4.69, 9.17) is 0 Å². The Bertz CT molecular complexity index is 707. The van der Waals surface area contributed by atoms with Crippen molar-refractivity contribution in [3.63, 3.8) is 0 Å². The molecule has 2 aliphatic heterocycles. The van der Waals surface area contributed by atoms with E-state index in [-0.39, 0.29) is 24.5 Å². The lowest BCUT2D eigenvalue weighted by Gasteiger charge is -2.40. The zero-order chi connectivity index (χ0) is 20.4. The van der Waals surface area contributed by atoms with E-state index in [1.54, 1.807) is 0 Å². The first-order chi connectivity index (χ1) is 13.2. The Labute approximate surface area is 165 Å². The lowest BCUT2D eigenvalue weighted by Crippen LogP contribution is -2.59. The van der Waals surface area contributed by atoms with E-state index < -0.39 is 17.2 Å². The largest absolute Gasteiger partial charge is 0.379 e. The van der Waals surface area contributed by atoms with E-state index in [2.05, 4.69) is 24.1 Å². The summed E-state index contributed by atoms with van der Waals surface area (Å²) >= 11 is 0. The van der Waals surface area contributed by atoms with Crippen LogP contribution in [0.4, 0.5) is 8.78 Å². The standard InChI is InChI=1S/C21H31F2N3O2/c1-20(2,26-10-3-4-11-26)14-24-15-21(28)8-5-9-25(19(21)27)13-16-6-7-17(22)18(23)12-16/h6-7,12,24,28H,3-5,8-11,13-15H2,1-2H3/t21-/m0/s1. The molecule has 1 amide bonds. The maximum Gasteiger partial charge on any atom is 0.256 e. The SMILES string of the molecule is CC(C)(CNC[C@@]1(O)CCCN(Cc2ccc(F)c(F)c2)C1=O)N1CCCC1. The molecular formula is C21H31F2N3O2. The molecule has 7 heteroatoms. The van der Waals surface area contributed by atoms with Crippen LogP contribution < -0.4 is 5.32 Å². The van der Waals surface area contributed by atoms with Crippen LogP contribution in [0.2, 0.25) is 0 Å².